The molecule has 3 heterocycles. The van der Waals surface area contributed by atoms with Crippen molar-refractivity contribution >= 4 is 27.8 Å². The van der Waals surface area contributed by atoms with Gasteiger partial charge < -0.3 is 18.8 Å². The third kappa shape index (κ3) is 4.53. The number of imidazole rings is 1. The van der Waals surface area contributed by atoms with Crippen LogP contribution in [0, 0.1) is 12.7 Å². The first kappa shape index (κ1) is 21.8. The van der Waals surface area contributed by atoms with Crippen LogP contribution in [0.1, 0.15) is 11.3 Å². The van der Waals surface area contributed by atoms with Gasteiger partial charge in [0.15, 0.2) is 23.1 Å². The summed E-state index contributed by atoms with van der Waals surface area (Å²) in [5, 5.41) is 0. The molecule has 10 nitrogen and oxygen atoms in total. The summed E-state index contributed by atoms with van der Waals surface area (Å²) in [6.07, 6.45) is 5.19. The van der Waals surface area contributed by atoms with Gasteiger partial charge in [-0.25, -0.2) is 14.1 Å². The Morgan fingerprint density at radius 3 is 2.62 bits per heavy atom. The standard InChI is InChI=1S/C22H20FN5O5S/c1-14-11-28(12-25-14)18-7-2-15(20-21(18)33-13-32-20)10-19-22(24-8-9-31-19)27-34(29,30)26-17-5-3-16(23)4-6-17/h2-7,10-12,26H,8-9,13H2,1H3,(H,24,27). The number of ether oxygens (including phenoxy) is 3. The number of nitrogens with one attached hydrogen (secondary N) is 2. The highest BCUT2D eigenvalue weighted by Crippen LogP contribution is 2.42. The number of nitrogens with zero attached hydrogens (tertiary/aromatic N) is 3. The molecule has 0 aliphatic carbocycles. The minimum atomic E-state index is -4.06. The SMILES string of the molecule is Cc1cn(-c2ccc(C=C3OCCN=C3NS(=O)(=O)Nc3ccc(F)cc3)c3c2OCO3)cn1. The zero-order chi connectivity index (χ0) is 23.7. The number of benzene rings is 2. The molecule has 34 heavy (non-hydrogen) atoms. The van der Waals surface area contributed by atoms with Crippen molar-refractivity contribution in [2.24, 2.45) is 4.99 Å². The van der Waals surface area contributed by atoms with E-state index in [1.54, 1.807) is 12.4 Å². The van der Waals surface area contributed by atoms with Crippen molar-refractivity contribution < 1.29 is 27.0 Å². The van der Waals surface area contributed by atoms with E-state index in [0.717, 1.165) is 23.5 Å². The molecular formula is C22H20FN5O5S. The summed E-state index contributed by atoms with van der Waals surface area (Å²) < 4.78 is 61.9. The Labute approximate surface area is 194 Å². The molecule has 0 amide bonds. The lowest BCUT2D eigenvalue weighted by Crippen LogP contribution is -2.38. The zero-order valence-corrected chi connectivity index (χ0v) is 18.8. The maximum absolute atomic E-state index is 13.1. The van der Waals surface area contributed by atoms with Crippen LogP contribution < -0.4 is 18.9 Å². The van der Waals surface area contributed by atoms with Crippen molar-refractivity contribution in [2.45, 2.75) is 6.92 Å². The molecule has 2 aliphatic heterocycles. The van der Waals surface area contributed by atoms with Crippen LogP contribution in [0.3, 0.4) is 0 Å². The van der Waals surface area contributed by atoms with Crippen molar-refractivity contribution in [2.75, 3.05) is 24.7 Å². The third-order valence-corrected chi connectivity index (χ3v) is 5.95. The number of amidine groups is 1. The number of aliphatic imine (C=N–C) groups is 1. The third-order valence-electron chi connectivity index (χ3n) is 4.98. The second kappa shape index (κ2) is 8.71. The second-order valence-corrected chi connectivity index (χ2v) is 8.88. The Kier molecular flexibility index (Phi) is 5.57. The van der Waals surface area contributed by atoms with Crippen LogP contribution in [-0.2, 0) is 14.9 Å². The van der Waals surface area contributed by atoms with Crippen molar-refractivity contribution in [3.05, 3.63) is 71.8 Å². The largest absolute Gasteiger partial charge is 0.488 e. The molecule has 0 unspecified atom stereocenters. The van der Waals surface area contributed by atoms with Crippen molar-refractivity contribution in [1.29, 1.82) is 0 Å². The van der Waals surface area contributed by atoms with E-state index in [0.29, 0.717) is 17.1 Å². The average molecular weight is 485 g/mol. The van der Waals surface area contributed by atoms with E-state index >= 15 is 0 Å². The molecule has 0 fully saturated rings. The number of hydrogen-bond acceptors (Lipinski definition) is 7. The minimum absolute atomic E-state index is 0.0304. The number of halogens is 1. The fourth-order valence-corrected chi connectivity index (χ4v) is 4.41. The zero-order valence-electron chi connectivity index (χ0n) is 18.0. The molecule has 2 N–H and O–H groups in total. The summed E-state index contributed by atoms with van der Waals surface area (Å²) in [7, 11) is -4.06. The molecule has 0 saturated carbocycles. The number of hydrogen-bond donors (Lipinski definition) is 2. The van der Waals surface area contributed by atoms with Crippen molar-refractivity contribution in [3.63, 3.8) is 0 Å². The Morgan fingerprint density at radius 2 is 1.85 bits per heavy atom. The minimum Gasteiger partial charge on any atom is -0.488 e. The normalized spacial score (nSPS) is 16.2. The van der Waals surface area contributed by atoms with Crippen molar-refractivity contribution in [3.8, 4) is 17.2 Å². The maximum atomic E-state index is 13.1. The van der Waals surface area contributed by atoms with Crippen LogP contribution in [0.4, 0.5) is 10.1 Å². The van der Waals surface area contributed by atoms with E-state index in [9.17, 15) is 12.8 Å². The molecule has 2 aromatic carbocycles. The fraction of sp³-hybridized carbons (Fsp3) is 0.182. The number of rotatable bonds is 5. The van der Waals surface area contributed by atoms with Gasteiger partial charge in [-0.1, -0.05) is 0 Å². The first-order valence-corrected chi connectivity index (χ1v) is 11.8. The Bertz CT molecular complexity index is 1400. The molecule has 2 aliphatic rings. The van der Waals surface area contributed by atoms with E-state index in [1.807, 2.05) is 29.8 Å². The van der Waals surface area contributed by atoms with Crippen LogP contribution in [0.25, 0.3) is 11.8 Å². The Balaban J connectivity index is 1.42. The first-order valence-electron chi connectivity index (χ1n) is 10.3. The number of aromatic nitrogens is 2. The average Bonchev–Trinajstić information content (AvgIpc) is 3.46. The number of anilines is 1. The number of aryl methyl sites for hydroxylation is 1. The quantitative estimate of drug-likeness (QED) is 0.574. The second-order valence-electron chi connectivity index (χ2n) is 7.46. The molecule has 1 aromatic heterocycles. The molecule has 12 heteroatoms. The van der Waals surface area contributed by atoms with Gasteiger partial charge in [-0.3, -0.25) is 9.71 Å². The van der Waals surface area contributed by atoms with Crippen LogP contribution in [0.5, 0.6) is 11.5 Å². The van der Waals surface area contributed by atoms with Crippen LogP contribution in [0.2, 0.25) is 0 Å². The summed E-state index contributed by atoms with van der Waals surface area (Å²) in [5.41, 5.74) is 2.45. The van der Waals surface area contributed by atoms with Gasteiger partial charge >= 0.3 is 10.2 Å². The van der Waals surface area contributed by atoms with Gasteiger partial charge in [-0.15, -0.1) is 0 Å². The topological polar surface area (TPSA) is 116 Å². The molecule has 3 aromatic rings. The van der Waals surface area contributed by atoms with E-state index < -0.39 is 16.0 Å². The van der Waals surface area contributed by atoms with Gasteiger partial charge in [0, 0.05) is 11.8 Å². The van der Waals surface area contributed by atoms with Gasteiger partial charge in [-0.05, 0) is 49.4 Å². The first-order chi connectivity index (χ1) is 16.4. The monoisotopic (exact) mass is 485 g/mol. The summed E-state index contributed by atoms with van der Waals surface area (Å²) in [5.74, 6) is 0.818. The highest BCUT2D eigenvalue weighted by atomic mass is 32.2. The predicted molar refractivity (Wildman–Crippen MR) is 123 cm³/mol. The highest BCUT2D eigenvalue weighted by Gasteiger charge is 2.25. The van der Waals surface area contributed by atoms with E-state index in [4.69, 9.17) is 14.2 Å². The van der Waals surface area contributed by atoms with Gasteiger partial charge in [0.05, 0.1) is 29.9 Å². The number of fused-ring (bicyclic) bond motifs is 1. The fourth-order valence-electron chi connectivity index (χ4n) is 3.49. The lowest BCUT2D eigenvalue weighted by Gasteiger charge is -2.19. The Hall–Kier alpha value is -4.06. The smallest absolute Gasteiger partial charge is 0.322 e. The molecule has 0 spiro atoms. The Morgan fingerprint density at radius 1 is 1.06 bits per heavy atom. The van der Waals surface area contributed by atoms with Crippen LogP contribution in [-0.4, -0.2) is 43.7 Å². The molecule has 0 saturated heterocycles. The highest BCUT2D eigenvalue weighted by molar-refractivity contribution is 7.91. The van der Waals surface area contributed by atoms with E-state index in [2.05, 4.69) is 19.4 Å². The molecular weight excluding hydrogens is 465 g/mol. The van der Waals surface area contributed by atoms with E-state index in [-0.39, 0.29) is 37.2 Å². The molecule has 176 valence electrons. The molecule has 0 radical (unpaired) electrons. The van der Waals surface area contributed by atoms with Crippen LogP contribution >= 0.6 is 0 Å². The predicted octanol–water partition coefficient (Wildman–Crippen LogP) is 2.76. The van der Waals surface area contributed by atoms with Gasteiger partial charge in [-0.2, -0.15) is 8.42 Å². The molecule has 5 rings (SSSR count). The molecule has 0 atom stereocenters. The van der Waals surface area contributed by atoms with Gasteiger partial charge in [0.2, 0.25) is 6.79 Å². The van der Waals surface area contributed by atoms with Gasteiger partial charge in [0.1, 0.15) is 12.4 Å². The lowest BCUT2D eigenvalue weighted by molar-refractivity contribution is 0.173. The molecule has 0 bridgehead atoms. The summed E-state index contributed by atoms with van der Waals surface area (Å²) in [6.45, 7) is 2.50. The maximum Gasteiger partial charge on any atom is 0.322 e. The summed E-state index contributed by atoms with van der Waals surface area (Å²) in [4.78, 5) is 8.50. The van der Waals surface area contributed by atoms with Gasteiger partial charge in [0.25, 0.3) is 0 Å². The van der Waals surface area contributed by atoms with Crippen LogP contribution in [0.15, 0.2) is 59.7 Å². The lowest BCUT2D eigenvalue weighted by atomic mass is 10.1. The summed E-state index contributed by atoms with van der Waals surface area (Å²) in [6, 6.07) is 8.60. The van der Waals surface area contributed by atoms with Crippen molar-refractivity contribution in [1.82, 2.24) is 14.3 Å². The van der Waals surface area contributed by atoms with E-state index in [1.165, 1.54) is 12.1 Å². The summed E-state index contributed by atoms with van der Waals surface area (Å²) >= 11 is 0.